The second-order valence-electron chi connectivity index (χ2n) is 8.74. The van der Waals surface area contributed by atoms with E-state index in [0.717, 1.165) is 64.0 Å². The number of hydrogen-bond acceptors (Lipinski definition) is 6. The molecule has 0 saturated carbocycles. The number of aromatic amines is 1. The average Bonchev–Trinajstić information content (AvgIpc) is 3.24. The molecule has 1 atom stereocenters. The Kier molecular flexibility index (Phi) is 9.08. The third-order valence-corrected chi connectivity index (χ3v) is 6.27. The Morgan fingerprint density at radius 1 is 1.19 bits per heavy atom. The molecule has 0 radical (unpaired) electrons. The van der Waals surface area contributed by atoms with Crippen LogP contribution in [0.15, 0.2) is 33.9 Å². The van der Waals surface area contributed by atoms with Crippen molar-refractivity contribution in [3.63, 3.8) is 0 Å². The summed E-state index contributed by atoms with van der Waals surface area (Å²) in [5, 5.41) is 15.8. The maximum Gasteiger partial charge on any atom is 0.329 e. The van der Waals surface area contributed by atoms with Gasteiger partial charge >= 0.3 is 5.69 Å². The first-order valence-corrected chi connectivity index (χ1v) is 11.7. The average molecular weight is 444 g/mol. The molecule has 1 aromatic carbocycles. The van der Waals surface area contributed by atoms with Gasteiger partial charge in [0, 0.05) is 31.4 Å². The summed E-state index contributed by atoms with van der Waals surface area (Å²) >= 11 is 0. The van der Waals surface area contributed by atoms with Crippen molar-refractivity contribution in [3.05, 3.63) is 56.2 Å². The molecule has 1 fully saturated rings. The van der Waals surface area contributed by atoms with Gasteiger partial charge in [0.1, 0.15) is 5.82 Å². The molecule has 32 heavy (non-hydrogen) atoms. The SMILES string of the molecule is CCc1cc(Nc2cc(=O)n(CCCCCNC[C@@H]3CCN(CO)C3)c(=O)[nH]2)ccc1C. The Hall–Kier alpha value is -2.42. The van der Waals surface area contributed by atoms with Crippen LogP contribution in [0.3, 0.4) is 0 Å². The van der Waals surface area contributed by atoms with Gasteiger partial charge in [-0.1, -0.05) is 19.4 Å². The van der Waals surface area contributed by atoms with E-state index in [1.165, 1.54) is 21.8 Å². The predicted molar refractivity (Wildman–Crippen MR) is 129 cm³/mol. The van der Waals surface area contributed by atoms with Crippen molar-refractivity contribution in [2.45, 2.75) is 52.5 Å². The Morgan fingerprint density at radius 2 is 2.03 bits per heavy atom. The Morgan fingerprint density at radius 3 is 2.75 bits per heavy atom. The number of aliphatic hydroxyl groups is 1. The van der Waals surface area contributed by atoms with Crippen LogP contribution in [-0.2, 0) is 13.0 Å². The van der Waals surface area contributed by atoms with Crippen molar-refractivity contribution >= 4 is 11.5 Å². The highest BCUT2D eigenvalue weighted by Crippen LogP contribution is 2.18. The number of nitrogens with one attached hydrogen (secondary N) is 3. The van der Waals surface area contributed by atoms with Gasteiger partial charge in [0.2, 0.25) is 0 Å². The number of H-pyrrole nitrogens is 1. The molecule has 8 heteroatoms. The molecule has 8 nitrogen and oxygen atoms in total. The summed E-state index contributed by atoms with van der Waals surface area (Å²) < 4.78 is 1.27. The van der Waals surface area contributed by atoms with Crippen molar-refractivity contribution in [1.82, 2.24) is 19.8 Å². The zero-order valence-corrected chi connectivity index (χ0v) is 19.3. The van der Waals surface area contributed by atoms with Crippen molar-refractivity contribution in [1.29, 1.82) is 0 Å². The van der Waals surface area contributed by atoms with Crippen LogP contribution in [0.1, 0.15) is 43.7 Å². The minimum Gasteiger partial charge on any atom is -0.381 e. The lowest BCUT2D eigenvalue weighted by Gasteiger charge is -2.13. The van der Waals surface area contributed by atoms with Gasteiger partial charge in [-0.3, -0.25) is 19.2 Å². The van der Waals surface area contributed by atoms with Crippen molar-refractivity contribution in [2.24, 2.45) is 5.92 Å². The number of nitrogens with zero attached hydrogens (tertiary/aromatic N) is 2. The van der Waals surface area contributed by atoms with Gasteiger partial charge in [-0.25, -0.2) is 4.79 Å². The lowest BCUT2D eigenvalue weighted by atomic mass is 10.1. The van der Waals surface area contributed by atoms with Crippen LogP contribution in [0.2, 0.25) is 0 Å². The van der Waals surface area contributed by atoms with Crippen LogP contribution in [0.25, 0.3) is 0 Å². The number of aryl methyl sites for hydroxylation is 2. The third kappa shape index (κ3) is 6.79. The van der Waals surface area contributed by atoms with Crippen molar-refractivity contribution in [2.75, 3.05) is 38.2 Å². The van der Waals surface area contributed by atoms with Crippen LogP contribution in [-0.4, -0.2) is 52.5 Å². The number of anilines is 2. The predicted octanol–water partition coefficient (Wildman–Crippen LogP) is 2.18. The first-order valence-electron chi connectivity index (χ1n) is 11.7. The molecular formula is C24H37N5O3. The second kappa shape index (κ2) is 12.0. The summed E-state index contributed by atoms with van der Waals surface area (Å²) in [7, 11) is 0. The van der Waals surface area contributed by atoms with E-state index >= 15 is 0 Å². The largest absolute Gasteiger partial charge is 0.381 e. The Bertz CT molecular complexity index is 953. The van der Waals surface area contributed by atoms with E-state index in [0.29, 0.717) is 18.3 Å². The van der Waals surface area contributed by atoms with Gasteiger partial charge in [0.25, 0.3) is 5.56 Å². The highest BCUT2D eigenvalue weighted by molar-refractivity contribution is 5.57. The topological polar surface area (TPSA) is 102 Å². The van der Waals surface area contributed by atoms with E-state index in [9.17, 15) is 9.59 Å². The Balaban J connectivity index is 1.41. The Labute approximate surface area is 189 Å². The second-order valence-corrected chi connectivity index (χ2v) is 8.74. The number of hydrogen-bond donors (Lipinski definition) is 4. The first-order chi connectivity index (χ1) is 15.5. The van der Waals surface area contributed by atoms with E-state index in [1.807, 2.05) is 18.2 Å². The van der Waals surface area contributed by atoms with E-state index in [4.69, 9.17) is 5.11 Å². The number of likely N-dealkylation sites (tertiary alicyclic amines) is 1. The van der Waals surface area contributed by atoms with Crippen LogP contribution in [0, 0.1) is 12.8 Å². The molecule has 0 bridgehead atoms. The van der Waals surface area contributed by atoms with Gasteiger partial charge in [-0.05, 0) is 74.9 Å². The van der Waals surface area contributed by atoms with Gasteiger partial charge in [0.05, 0.1) is 6.73 Å². The lowest BCUT2D eigenvalue weighted by Crippen LogP contribution is -2.35. The minimum absolute atomic E-state index is 0.151. The first kappa shape index (κ1) is 24.2. The van der Waals surface area contributed by atoms with Gasteiger partial charge in [0.15, 0.2) is 0 Å². The minimum atomic E-state index is -0.379. The molecule has 1 aliphatic rings. The van der Waals surface area contributed by atoms with Crippen molar-refractivity contribution < 1.29 is 5.11 Å². The normalized spacial score (nSPS) is 16.5. The molecule has 0 spiro atoms. The molecule has 2 heterocycles. The maximum absolute atomic E-state index is 12.5. The molecule has 0 amide bonds. The van der Waals surface area contributed by atoms with Gasteiger partial charge in [-0.2, -0.15) is 0 Å². The van der Waals surface area contributed by atoms with Gasteiger partial charge in [-0.15, -0.1) is 0 Å². The number of benzene rings is 1. The van der Waals surface area contributed by atoms with Crippen LogP contribution < -0.4 is 21.9 Å². The lowest BCUT2D eigenvalue weighted by molar-refractivity contribution is 0.127. The van der Waals surface area contributed by atoms with Crippen LogP contribution in [0.5, 0.6) is 0 Å². The molecule has 3 rings (SSSR count). The number of unbranched alkanes of at least 4 members (excludes halogenated alkanes) is 2. The van der Waals surface area contributed by atoms with E-state index < -0.39 is 0 Å². The summed E-state index contributed by atoms with van der Waals surface area (Å²) in [6.45, 7) is 8.60. The molecule has 2 aromatic rings. The van der Waals surface area contributed by atoms with Gasteiger partial charge < -0.3 is 15.7 Å². The molecule has 0 aliphatic carbocycles. The number of aromatic nitrogens is 2. The summed E-state index contributed by atoms with van der Waals surface area (Å²) in [6, 6.07) is 7.48. The van der Waals surface area contributed by atoms with Crippen LogP contribution in [0.4, 0.5) is 11.5 Å². The fourth-order valence-electron chi connectivity index (χ4n) is 4.30. The summed E-state index contributed by atoms with van der Waals surface area (Å²) in [4.78, 5) is 29.7. The van der Waals surface area contributed by atoms with E-state index in [2.05, 4.69) is 34.4 Å². The molecular weight excluding hydrogens is 406 g/mol. The summed E-state index contributed by atoms with van der Waals surface area (Å²) in [5.74, 6) is 1.03. The van der Waals surface area contributed by atoms with E-state index in [-0.39, 0.29) is 18.0 Å². The maximum atomic E-state index is 12.5. The molecule has 176 valence electrons. The van der Waals surface area contributed by atoms with Crippen LogP contribution >= 0.6 is 0 Å². The fourth-order valence-corrected chi connectivity index (χ4v) is 4.30. The highest BCUT2D eigenvalue weighted by Gasteiger charge is 2.20. The molecule has 1 aliphatic heterocycles. The molecule has 0 unspecified atom stereocenters. The molecule has 1 saturated heterocycles. The number of aliphatic hydroxyl groups excluding tert-OH is 1. The quantitative estimate of drug-likeness (QED) is 0.375. The molecule has 1 aromatic heterocycles. The van der Waals surface area contributed by atoms with E-state index in [1.54, 1.807) is 0 Å². The fraction of sp³-hybridized carbons (Fsp3) is 0.583. The highest BCUT2D eigenvalue weighted by atomic mass is 16.3. The standard InChI is InChI=1S/C24H37N5O3/c1-3-20-13-21(8-7-18(20)2)26-22-14-23(31)29(24(32)27-22)11-6-4-5-10-25-15-19-9-12-28(16-19)17-30/h7-8,13-14,19,25-26,30H,3-6,9-12,15-17H2,1-2H3,(H,27,32)/t19-/m0/s1. The summed E-state index contributed by atoms with van der Waals surface area (Å²) in [6.07, 6.45) is 4.81. The zero-order valence-electron chi connectivity index (χ0n) is 19.3. The smallest absolute Gasteiger partial charge is 0.329 e. The zero-order chi connectivity index (χ0) is 22.9. The molecule has 4 N–H and O–H groups in total. The third-order valence-electron chi connectivity index (χ3n) is 6.27. The van der Waals surface area contributed by atoms with Crippen molar-refractivity contribution in [3.8, 4) is 0 Å². The monoisotopic (exact) mass is 443 g/mol. The summed E-state index contributed by atoms with van der Waals surface area (Å²) in [5.41, 5.74) is 2.65. The number of rotatable bonds is 12.